The molecule has 3 amide bonds. The summed E-state index contributed by atoms with van der Waals surface area (Å²) in [5, 5.41) is 14.6. The van der Waals surface area contributed by atoms with E-state index >= 15 is 0 Å². The van der Waals surface area contributed by atoms with Gasteiger partial charge in [-0.25, -0.2) is 4.79 Å². The number of carbonyl (C=O) groups excluding carboxylic acids is 2. The highest BCUT2D eigenvalue weighted by Gasteiger charge is 2.31. The molecule has 0 aromatic rings. The lowest BCUT2D eigenvalue weighted by Gasteiger charge is -2.27. The van der Waals surface area contributed by atoms with Crippen LogP contribution in [-0.4, -0.2) is 54.1 Å². The Kier molecular flexibility index (Phi) is 6.98. The van der Waals surface area contributed by atoms with Crippen molar-refractivity contribution < 1.29 is 19.5 Å². The number of rotatable bonds is 5. The Morgan fingerprint density at radius 1 is 1.19 bits per heavy atom. The second-order valence-electron chi connectivity index (χ2n) is 5.33. The average molecular weight is 299 g/mol. The molecule has 21 heavy (non-hydrogen) atoms. The van der Waals surface area contributed by atoms with Crippen molar-refractivity contribution in [3.8, 4) is 0 Å². The molecule has 0 heterocycles. The lowest BCUT2D eigenvalue weighted by molar-refractivity contribution is -0.142. The molecule has 120 valence electrons. The molecule has 0 spiro atoms. The fraction of sp³-hybridized carbons (Fsp3) is 0.786. The van der Waals surface area contributed by atoms with Crippen LogP contribution in [0.15, 0.2) is 0 Å². The molecule has 1 saturated carbocycles. The molecule has 3 N–H and O–H groups in total. The van der Waals surface area contributed by atoms with Gasteiger partial charge in [-0.1, -0.05) is 19.3 Å². The molecule has 0 bridgehead atoms. The first-order valence-corrected chi connectivity index (χ1v) is 7.48. The SMILES string of the molecule is CCN(CC(=O)NC)C(=O)NC1CCCCCC1C(=O)O. The molecule has 1 fully saturated rings. The zero-order chi connectivity index (χ0) is 15.8. The van der Waals surface area contributed by atoms with Crippen molar-refractivity contribution in [3.63, 3.8) is 0 Å². The minimum atomic E-state index is -0.864. The number of urea groups is 1. The van der Waals surface area contributed by atoms with Gasteiger partial charge in [0, 0.05) is 19.6 Å². The van der Waals surface area contributed by atoms with Gasteiger partial charge in [-0.05, 0) is 19.8 Å². The number of hydrogen-bond donors (Lipinski definition) is 3. The van der Waals surface area contributed by atoms with E-state index in [1.165, 1.54) is 11.9 Å². The van der Waals surface area contributed by atoms with Crippen molar-refractivity contribution in [2.24, 2.45) is 5.92 Å². The smallest absolute Gasteiger partial charge is 0.318 e. The van der Waals surface area contributed by atoms with Crippen molar-refractivity contribution >= 4 is 17.9 Å². The monoisotopic (exact) mass is 299 g/mol. The van der Waals surface area contributed by atoms with E-state index in [9.17, 15) is 19.5 Å². The molecular weight excluding hydrogens is 274 g/mol. The molecule has 0 saturated heterocycles. The first-order chi connectivity index (χ1) is 9.99. The fourth-order valence-corrected chi connectivity index (χ4v) is 2.61. The van der Waals surface area contributed by atoms with E-state index < -0.39 is 11.9 Å². The number of nitrogens with one attached hydrogen (secondary N) is 2. The molecule has 7 heteroatoms. The van der Waals surface area contributed by atoms with Gasteiger partial charge in [-0.3, -0.25) is 9.59 Å². The summed E-state index contributed by atoms with van der Waals surface area (Å²) in [6.07, 6.45) is 4.03. The number of carboxylic acids is 1. The minimum Gasteiger partial charge on any atom is -0.481 e. The largest absolute Gasteiger partial charge is 0.481 e. The van der Waals surface area contributed by atoms with Crippen LogP contribution in [0.2, 0.25) is 0 Å². The number of carboxylic acid groups (broad SMARTS) is 1. The standard InChI is InChI=1S/C14H25N3O4/c1-3-17(9-12(18)15-2)14(21)16-11-8-6-4-5-7-10(11)13(19)20/h10-11H,3-9H2,1-2H3,(H,15,18)(H,16,21)(H,19,20). The van der Waals surface area contributed by atoms with Crippen LogP contribution in [0.3, 0.4) is 0 Å². The van der Waals surface area contributed by atoms with Crippen molar-refractivity contribution in [3.05, 3.63) is 0 Å². The quantitative estimate of drug-likeness (QED) is 0.654. The third-order valence-corrected chi connectivity index (χ3v) is 3.92. The predicted octanol–water partition coefficient (Wildman–Crippen LogP) is 0.797. The van der Waals surface area contributed by atoms with Crippen LogP contribution in [-0.2, 0) is 9.59 Å². The van der Waals surface area contributed by atoms with E-state index in [0.717, 1.165) is 19.3 Å². The van der Waals surface area contributed by atoms with Crippen molar-refractivity contribution in [2.45, 2.75) is 45.1 Å². The van der Waals surface area contributed by atoms with Crippen LogP contribution in [0.1, 0.15) is 39.0 Å². The molecule has 7 nitrogen and oxygen atoms in total. The highest BCUT2D eigenvalue weighted by atomic mass is 16.4. The number of likely N-dealkylation sites (N-methyl/N-ethyl adjacent to an activating group) is 2. The molecule has 0 aromatic carbocycles. The van der Waals surface area contributed by atoms with Crippen molar-refractivity contribution in [1.29, 1.82) is 0 Å². The number of hydrogen-bond acceptors (Lipinski definition) is 3. The molecule has 0 radical (unpaired) electrons. The van der Waals surface area contributed by atoms with E-state index in [1.54, 1.807) is 6.92 Å². The van der Waals surface area contributed by atoms with Gasteiger partial charge >= 0.3 is 12.0 Å². The molecule has 1 aliphatic carbocycles. The van der Waals surface area contributed by atoms with Gasteiger partial charge in [0.05, 0.1) is 5.92 Å². The van der Waals surface area contributed by atoms with Gasteiger partial charge in [0.25, 0.3) is 0 Å². The van der Waals surface area contributed by atoms with E-state index in [1.807, 2.05) is 0 Å². The Bertz CT molecular complexity index is 386. The Balaban J connectivity index is 2.68. The number of nitrogens with zero attached hydrogens (tertiary/aromatic N) is 1. The maximum absolute atomic E-state index is 12.2. The van der Waals surface area contributed by atoms with Crippen LogP contribution in [0.5, 0.6) is 0 Å². The first-order valence-electron chi connectivity index (χ1n) is 7.48. The molecule has 2 unspecified atom stereocenters. The minimum absolute atomic E-state index is 0.0245. The third-order valence-electron chi connectivity index (χ3n) is 3.92. The maximum atomic E-state index is 12.2. The zero-order valence-corrected chi connectivity index (χ0v) is 12.7. The fourth-order valence-electron chi connectivity index (χ4n) is 2.61. The highest BCUT2D eigenvalue weighted by Crippen LogP contribution is 2.24. The topological polar surface area (TPSA) is 98.7 Å². The van der Waals surface area contributed by atoms with Gasteiger partial charge in [-0.15, -0.1) is 0 Å². The third kappa shape index (κ3) is 5.24. The number of aliphatic carboxylic acids is 1. The summed E-state index contributed by atoms with van der Waals surface area (Å²) < 4.78 is 0. The van der Waals surface area contributed by atoms with E-state index in [2.05, 4.69) is 10.6 Å². The first kappa shape index (κ1) is 17.3. The molecule has 1 aliphatic rings. The second kappa shape index (κ2) is 8.49. The number of amides is 3. The van der Waals surface area contributed by atoms with Gasteiger partial charge in [0.15, 0.2) is 0 Å². The van der Waals surface area contributed by atoms with Crippen LogP contribution in [0.4, 0.5) is 4.79 Å². The molecule has 0 aliphatic heterocycles. The van der Waals surface area contributed by atoms with Gasteiger partial charge in [-0.2, -0.15) is 0 Å². The zero-order valence-electron chi connectivity index (χ0n) is 12.7. The maximum Gasteiger partial charge on any atom is 0.318 e. The van der Waals surface area contributed by atoms with Crippen LogP contribution in [0, 0.1) is 5.92 Å². The van der Waals surface area contributed by atoms with E-state index in [0.29, 0.717) is 19.4 Å². The summed E-state index contributed by atoms with van der Waals surface area (Å²) in [4.78, 5) is 36.3. The van der Waals surface area contributed by atoms with Crippen molar-refractivity contribution in [1.82, 2.24) is 15.5 Å². The normalized spacial score (nSPS) is 22.0. The molecule has 2 atom stereocenters. The van der Waals surface area contributed by atoms with E-state index in [4.69, 9.17) is 0 Å². The lowest BCUT2D eigenvalue weighted by atomic mass is 9.95. The lowest BCUT2D eigenvalue weighted by Crippen LogP contribution is -2.50. The summed E-state index contributed by atoms with van der Waals surface area (Å²) in [6, 6.07) is -0.740. The second-order valence-corrected chi connectivity index (χ2v) is 5.33. The number of carbonyl (C=O) groups is 3. The molecule has 1 rings (SSSR count). The highest BCUT2D eigenvalue weighted by molar-refractivity contribution is 5.84. The summed E-state index contributed by atoms with van der Waals surface area (Å²) in [5.41, 5.74) is 0. The van der Waals surface area contributed by atoms with E-state index in [-0.39, 0.29) is 24.5 Å². The Labute approximate surface area is 125 Å². The predicted molar refractivity (Wildman–Crippen MR) is 77.8 cm³/mol. The van der Waals surface area contributed by atoms with Crippen LogP contribution in [0.25, 0.3) is 0 Å². The summed E-state index contributed by atoms with van der Waals surface area (Å²) in [7, 11) is 1.51. The van der Waals surface area contributed by atoms with Crippen molar-refractivity contribution in [2.75, 3.05) is 20.1 Å². The van der Waals surface area contributed by atoms with Crippen LogP contribution < -0.4 is 10.6 Å². The van der Waals surface area contributed by atoms with Gasteiger partial charge in [0.2, 0.25) is 5.91 Å². The Morgan fingerprint density at radius 3 is 2.43 bits per heavy atom. The Hall–Kier alpha value is -1.79. The van der Waals surface area contributed by atoms with Gasteiger partial charge < -0.3 is 20.6 Å². The van der Waals surface area contributed by atoms with Gasteiger partial charge in [0.1, 0.15) is 6.54 Å². The Morgan fingerprint density at radius 2 is 1.86 bits per heavy atom. The van der Waals surface area contributed by atoms with Crippen LogP contribution >= 0.6 is 0 Å². The average Bonchev–Trinajstić information content (AvgIpc) is 2.69. The molecular formula is C14H25N3O4. The summed E-state index contributed by atoms with van der Waals surface area (Å²) in [5.74, 6) is -1.66. The summed E-state index contributed by atoms with van der Waals surface area (Å²) in [6.45, 7) is 2.15. The molecule has 0 aromatic heterocycles. The summed E-state index contributed by atoms with van der Waals surface area (Å²) >= 11 is 0.